The Balaban J connectivity index is 2.06. The Kier molecular flexibility index (Phi) is 6.63. The molecule has 0 aliphatic heterocycles. The number of sulfonamides is 1. The first-order valence-electron chi connectivity index (χ1n) is 7.94. The van der Waals surface area contributed by atoms with E-state index in [4.69, 9.17) is 0 Å². The number of nitrogens with zero attached hydrogens (tertiary/aromatic N) is 2. The number of amides is 2. The predicted octanol–water partition coefficient (Wildman–Crippen LogP) is 2.96. The van der Waals surface area contributed by atoms with Crippen LogP contribution in [0.1, 0.15) is 10.4 Å². The largest absolute Gasteiger partial charge is 0.339 e. The number of thioether (sulfide) groups is 1. The van der Waals surface area contributed by atoms with Gasteiger partial charge in [-0.2, -0.15) is 0 Å². The average molecular weight is 408 g/mol. The van der Waals surface area contributed by atoms with Crippen LogP contribution in [0.5, 0.6) is 0 Å². The molecule has 0 atom stereocenters. The number of carbonyl (C=O) groups excluding carboxylic acids is 2. The van der Waals surface area contributed by atoms with Crippen LogP contribution in [0, 0.1) is 0 Å². The van der Waals surface area contributed by atoms with Crippen molar-refractivity contribution in [3.63, 3.8) is 0 Å². The van der Waals surface area contributed by atoms with Gasteiger partial charge in [0.1, 0.15) is 0 Å². The first-order valence-corrected chi connectivity index (χ1v) is 10.2. The van der Waals surface area contributed by atoms with E-state index in [1.165, 1.54) is 43.3 Å². The smallest absolute Gasteiger partial charge is 0.285 e. The minimum absolute atomic E-state index is 0.0837. The second-order valence-electron chi connectivity index (χ2n) is 6.05. The topological polar surface area (TPSA) is 86.8 Å². The van der Waals surface area contributed by atoms with Crippen LogP contribution in [0.4, 0.5) is 10.5 Å². The van der Waals surface area contributed by atoms with E-state index in [9.17, 15) is 18.0 Å². The highest BCUT2D eigenvalue weighted by atomic mass is 32.2. The van der Waals surface area contributed by atoms with Crippen LogP contribution in [0.3, 0.4) is 0 Å². The molecule has 0 spiro atoms. The molecule has 2 aromatic rings. The average Bonchev–Trinajstić information content (AvgIpc) is 2.63. The zero-order valence-electron chi connectivity index (χ0n) is 15.5. The van der Waals surface area contributed by atoms with Gasteiger partial charge in [0.25, 0.3) is 11.1 Å². The molecule has 27 heavy (non-hydrogen) atoms. The van der Waals surface area contributed by atoms with Crippen LogP contribution in [-0.4, -0.2) is 57.0 Å². The van der Waals surface area contributed by atoms with E-state index >= 15 is 0 Å². The number of anilines is 1. The number of hydrogen-bond acceptors (Lipinski definition) is 5. The van der Waals surface area contributed by atoms with Crippen molar-refractivity contribution in [3.8, 4) is 0 Å². The van der Waals surface area contributed by atoms with Crippen molar-refractivity contribution in [2.45, 2.75) is 9.79 Å². The number of nitrogens with one attached hydrogen (secondary N) is 1. The first kappa shape index (κ1) is 20.9. The predicted molar refractivity (Wildman–Crippen MR) is 107 cm³/mol. The fraction of sp³-hybridized carbons (Fsp3) is 0.222. The maximum Gasteiger partial charge on any atom is 0.285 e. The van der Waals surface area contributed by atoms with Gasteiger partial charge in [0.05, 0.1) is 4.90 Å². The molecule has 0 heterocycles. The molecule has 0 aromatic heterocycles. The summed E-state index contributed by atoms with van der Waals surface area (Å²) in [6, 6.07) is 12.6. The molecule has 7 nitrogen and oxygen atoms in total. The Bertz CT molecular complexity index is 922. The second kappa shape index (κ2) is 8.55. The molecule has 0 radical (unpaired) electrons. The normalized spacial score (nSPS) is 11.3. The van der Waals surface area contributed by atoms with Gasteiger partial charge in [0.15, 0.2) is 0 Å². The summed E-state index contributed by atoms with van der Waals surface area (Å²) in [5.41, 5.74) is 0.917. The number of carbonyl (C=O) groups is 2. The van der Waals surface area contributed by atoms with Crippen LogP contribution in [-0.2, 0) is 10.0 Å². The molecule has 9 heteroatoms. The standard InChI is InChI=1S/C18H21N3O4S2/c1-20(2)18(23)26-15-9-7-14(8-10-15)19-17(22)13-5-11-16(12-6-13)27(24,25)21(3)4/h5-12H,1-4H3,(H,19,22). The van der Waals surface area contributed by atoms with Crippen molar-refractivity contribution in [1.82, 2.24) is 9.21 Å². The summed E-state index contributed by atoms with van der Waals surface area (Å²) in [7, 11) is 2.73. The number of hydrogen-bond donors (Lipinski definition) is 1. The van der Waals surface area contributed by atoms with Gasteiger partial charge in [-0.25, -0.2) is 12.7 Å². The van der Waals surface area contributed by atoms with Crippen LogP contribution in [0.2, 0.25) is 0 Å². The minimum atomic E-state index is -3.53. The monoisotopic (exact) mass is 407 g/mol. The fourth-order valence-electron chi connectivity index (χ4n) is 1.99. The zero-order chi connectivity index (χ0) is 20.2. The fourth-order valence-corrected chi connectivity index (χ4v) is 3.55. The molecule has 0 bridgehead atoms. The Morgan fingerprint density at radius 3 is 1.93 bits per heavy atom. The van der Waals surface area contributed by atoms with E-state index in [0.29, 0.717) is 11.3 Å². The summed E-state index contributed by atoms with van der Waals surface area (Å²) >= 11 is 1.10. The lowest BCUT2D eigenvalue weighted by molar-refractivity contribution is 0.102. The van der Waals surface area contributed by atoms with Gasteiger partial charge in [-0.3, -0.25) is 9.59 Å². The molecule has 0 saturated carbocycles. The molecule has 0 aliphatic carbocycles. The van der Waals surface area contributed by atoms with E-state index in [2.05, 4.69) is 5.32 Å². The van der Waals surface area contributed by atoms with E-state index in [0.717, 1.165) is 21.0 Å². The number of benzene rings is 2. The first-order chi connectivity index (χ1) is 12.6. The molecule has 0 aliphatic rings. The van der Waals surface area contributed by atoms with Crippen LogP contribution >= 0.6 is 11.8 Å². The van der Waals surface area contributed by atoms with E-state index in [1.54, 1.807) is 38.4 Å². The quantitative estimate of drug-likeness (QED) is 0.770. The maximum atomic E-state index is 12.3. The molecular formula is C18H21N3O4S2. The van der Waals surface area contributed by atoms with Gasteiger partial charge >= 0.3 is 0 Å². The summed E-state index contributed by atoms with van der Waals surface area (Å²) in [5.74, 6) is -0.353. The summed E-state index contributed by atoms with van der Waals surface area (Å²) in [5, 5.41) is 2.66. The second-order valence-corrected chi connectivity index (χ2v) is 9.23. The summed E-state index contributed by atoms with van der Waals surface area (Å²) in [6.07, 6.45) is 0. The molecule has 2 aromatic carbocycles. The van der Waals surface area contributed by atoms with Gasteiger partial charge in [-0.05, 0) is 60.3 Å². The molecule has 2 amide bonds. The third kappa shape index (κ3) is 5.31. The number of rotatable bonds is 5. The highest BCUT2D eigenvalue weighted by Gasteiger charge is 2.17. The van der Waals surface area contributed by atoms with E-state index < -0.39 is 10.0 Å². The minimum Gasteiger partial charge on any atom is -0.339 e. The van der Waals surface area contributed by atoms with Crippen LogP contribution < -0.4 is 5.32 Å². The van der Waals surface area contributed by atoms with E-state index in [-0.39, 0.29) is 16.0 Å². The van der Waals surface area contributed by atoms with Gasteiger partial charge in [0.2, 0.25) is 10.0 Å². The zero-order valence-corrected chi connectivity index (χ0v) is 17.1. The molecule has 0 unspecified atom stereocenters. The molecule has 2 rings (SSSR count). The highest BCUT2D eigenvalue weighted by Crippen LogP contribution is 2.23. The summed E-state index contributed by atoms with van der Waals surface area (Å²) in [4.78, 5) is 26.4. The van der Waals surface area contributed by atoms with Gasteiger partial charge in [0, 0.05) is 44.3 Å². The van der Waals surface area contributed by atoms with Gasteiger partial charge < -0.3 is 10.2 Å². The van der Waals surface area contributed by atoms with Crippen molar-refractivity contribution < 1.29 is 18.0 Å². The lowest BCUT2D eigenvalue weighted by Crippen LogP contribution is -2.22. The third-order valence-corrected chi connectivity index (χ3v) is 6.45. The van der Waals surface area contributed by atoms with E-state index in [1.807, 2.05) is 0 Å². The lowest BCUT2D eigenvalue weighted by Gasteiger charge is -2.12. The molecule has 0 fully saturated rings. The van der Waals surface area contributed by atoms with Crippen LogP contribution in [0.25, 0.3) is 0 Å². The van der Waals surface area contributed by atoms with Crippen molar-refractivity contribution >= 4 is 38.6 Å². The SMILES string of the molecule is CN(C)C(=O)Sc1ccc(NC(=O)c2ccc(S(=O)(=O)N(C)C)cc2)cc1. The Labute approximate surface area is 163 Å². The van der Waals surface area contributed by atoms with Crippen molar-refractivity contribution in [2.24, 2.45) is 0 Å². The van der Waals surface area contributed by atoms with Gasteiger partial charge in [-0.1, -0.05) is 0 Å². The lowest BCUT2D eigenvalue weighted by atomic mass is 10.2. The summed E-state index contributed by atoms with van der Waals surface area (Å²) < 4.78 is 25.2. The Hall–Kier alpha value is -2.36. The van der Waals surface area contributed by atoms with Crippen molar-refractivity contribution in [2.75, 3.05) is 33.5 Å². The summed E-state index contributed by atoms with van der Waals surface area (Å²) in [6.45, 7) is 0. The third-order valence-electron chi connectivity index (χ3n) is 3.58. The Morgan fingerprint density at radius 2 is 1.44 bits per heavy atom. The van der Waals surface area contributed by atoms with Crippen LogP contribution in [0.15, 0.2) is 58.3 Å². The maximum absolute atomic E-state index is 12.3. The molecule has 144 valence electrons. The Morgan fingerprint density at radius 1 is 0.889 bits per heavy atom. The molecule has 1 N–H and O–H groups in total. The van der Waals surface area contributed by atoms with Crippen molar-refractivity contribution in [3.05, 3.63) is 54.1 Å². The van der Waals surface area contributed by atoms with Crippen molar-refractivity contribution in [1.29, 1.82) is 0 Å². The van der Waals surface area contributed by atoms with Gasteiger partial charge in [-0.15, -0.1) is 0 Å². The molecular weight excluding hydrogens is 386 g/mol. The molecule has 0 saturated heterocycles. The highest BCUT2D eigenvalue weighted by molar-refractivity contribution is 8.13.